The summed E-state index contributed by atoms with van der Waals surface area (Å²) in [5.74, 6) is 0.547. The number of hydrogen-bond acceptors (Lipinski definition) is 4. The second-order valence-corrected chi connectivity index (χ2v) is 16.2. The van der Waals surface area contributed by atoms with E-state index < -0.39 is 0 Å². The number of benzene rings is 8. The Labute approximate surface area is 373 Å². The van der Waals surface area contributed by atoms with Crippen LogP contribution in [0.25, 0.3) is 108 Å². The molecule has 0 fully saturated rings. The Hall–Kier alpha value is -6.40. The summed E-state index contributed by atoms with van der Waals surface area (Å²) in [4.78, 5) is 27.9. The number of aliphatic hydroxyl groups excluding tert-OH is 1. The number of H-pyrrole nitrogens is 2. The Bertz CT molecular complexity index is 3380. The minimum absolute atomic E-state index is 0. The normalized spacial score (nSPS) is 12.2. The molecule has 6 nitrogen and oxygen atoms in total. The van der Waals surface area contributed by atoms with Crippen LogP contribution in [0.15, 0.2) is 134 Å². The second-order valence-electron chi connectivity index (χ2n) is 16.2. The molecule has 12 aromatic rings. The van der Waals surface area contributed by atoms with E-state index in [9.17, 15) is 9.90 Å². The molecule has 8 aromatic carbocycles. The number of aliphatic hydroxyl groups is 1. The standard InChI is InChI=1S/2C21H11N2.C13H24O2.Ir/c2*1-2-4-14-10-16-15(9-13(14)3-1)17-11-23-18-6-5-12-7-8-22-21(16)19(12)20(17)18;1-5-10(6-2)12(14)9-13(15)11(7-3)8-4;/h2*1-9,11,23H;9-11,14H,5-8H2,1-4H3;/q2*-1;;/b;;12-9-;. The van der Waals surface area contributed by atoms with Gasteiger partial charge in [0.2, 0.25) is 0 Å². The molecule has 62 heavy (non-hydrogen) atoms. The minimum Gasteiger partial charge on any atom is -0.512 e. The topological polar surface area (TPSA) is 94.7 Å². The van der Waals surface area contributed by atoms with Gasteiger partial charge in [0.15, 0.2) is 5.78 Å². The summed E-state index contributed by atoms with van der Waals surface area (Å²) in [6.07, 6.45) is 12.9. The quantitative estimate of drug-likeness (QED) is 0.0487. The molecule has 0 atom stereocenters. The van der Waals surface area contributed by atoms with Crippen LogP contribution in [0.2, 0.25) is 0 Å². The first-order valence-electron chi connectivity index (χ1n) is 21.5. The minimum atomic E-state index is 0. The van der Waals surface area contributed by atoms with Gasteiger partial charge in [0.05, 0.1) is 5.76 Å². The number of carbonyl (C=O) groups excluding carboxylic acids is 1. The van der Waals surface area contributed by atoms with Gasteiger partial charge >= 0.3 is 0 Å². The molecule has 0 amide bonds. The first kappa shape index (κ1) is 41.0. The second kappa shape index (κ2) is 16.8. The predicted molar refractivity (Wildman–Crippen MR) is 256 cm³/mol. The Balaban J connectivity index is 0.000000121. The van der Waals surface area contributed by atoms with E-state index in [4.69, 9.17) is 9.97 Å². The van der Waals surface area contributed by atoms with Gasteiger partial charge in [-0.2, -0.15) is 0 Å². The maximum Gasteiger partial charge on any atom is 0.162 e. The molecule has 0 bridgehead atoms. The van der Waals surface area contributed by atoms with Crippen LogP contribution in [0.1, 0.15) is 53.4 Å². The van der Waals surface area contributed by atoms with Gasteiger partial charge in [-0.3, -0.25) is 14.8 Å². The fraction of sp³-hybridized carbons (Fsp3) is 0.182. The molecule has 3 N–H and O–H groups in total. The van der Waals surface area contributed by atoms with Crippen molar-refractivity contribution in [2.75, 3.05) is 0 Å². The first-order chi connectivity index (χ1) is 29.9. The maximum absolute atomic E-state index is 11.7. The van der Waals surface area contributed by atoms with Gasteiger partial charge < -0.3 is 15.1 Å². The Morgan fingerprint density at radius 2 is 1.03 bits per heavy atom. The molecule has 309 valence electrons. The van der Waals surface area contributed by atoms with Crippen LogP contribution in [0, 0.1) is 24.0 Å². The number of aromatic nitrogens is 4. The van der Waals surface area contributed by atoms with Crippen LogP contribution in [0.4, 0.5) is 0 Å². The van der Waals surface area contributed by atoms with Crippen molar-refractivity contribution in [3.8, 4) is 0 Å². The third kappa shape index (κ3) is 6.81. The fourth-order valence-electron chi connectivity index (χ4n) is 9.50. The summed E-state index contributed by atoms with van der Waals surface area (Å²) in [5.41, 5.74) is 4.42. The molecule has 7 heteroatoms. The molecule has 0 aliphatic rings. The molecular formula is C55H46IrN4O2-2. The molecule has 1 radical (unpaired) electrons. The van der Waals surface area contributed by atoms with Gasteiger partial charge in [0, 0.05) is 95.6 Å². The number of carbonyl (C=O) groups is 1. The number of allylic oxidation sites excluding steroid dienone is 2. The molecule has 0 unspecified atom stereocenters. The molecule has 0 aliphatic carbocycles. The SMILES string of the molecule is CCC(CC)C(=O)/C=C(\O)C(CC)CC.[Ir].[c-]1c2ccccc2cc2c1c1nccc3ccc4[nH]cc2c4c31.[c-]1c2ccccc2cc2c1c1nccc3ccc4[nH]cc2c4c31. The van der Waals surface area contributed by atoms with Crippen molar-refractivity contribution in [1.29, 1.82) is 0 Å². The van der Waals surface area contributed by atoms with E-state index in [-0.39, 0.29) is 43.5 Å². The Morgan fingerprint density at radius 1 is 0.581 bits per heavy atom. The van der Waals surface area contributed by atoms with Crippen molar-refractivity contribution in [2.45, 2.75) is 53.4 Å². The average Bonchev–Trinajstić information content (AvgIpc) is 3.95. The van der Waals surface area contributed by atoms with Crippen molar-refractivity contribution in [2.24, 2.45) is 11.8 Å². The number of pyridine rings is 2. The smallest absolute Gasteiger partial charge is 0.162 e. The largest absolute Gasteiger partial charge is 0.512 e. The average molecular weight is 987 g/mol. The number of ketones is 1. The first-order valence-corrected chi connectivity index (χ1v) is 21.5. The van der Waals surface area contributed by atoms with E-state index in [1.165, 1.54) is 81.7 Å². The summed E-state index contributed by atoms with van der Waals surface area (Å²) in [7, 11) is 0. The monoisotopic (exact) mass is 987 g/mol. The van der Waals surface area contributed by atoms with Gasteiger partial charge in [0.25, 0.3) is 0 Å². The Kier molecular flexibility index (Phi) is 11.1. The van der Waals surface area contributed by atoms with Gasteiger partial charge in [-0.15, -0.1) is 47.2 Å². The van der Waals surface area contributed by atoms with E-state index >= 15 is 0 Å². The molecule has 0 saturated heterocycles. The summed E-state index contributed by atoms with van der Waals surface area (Å²) in [6, 6.07) is 41.3. The van der Waals surface area contributed by atoms with E-state index in [1.807, 2.05) is 40.1 Å². The number of aromatic amines is 2. The molecule has 0 saturated carbocycles. The molecular weight excluding hydrogens is 941 g/mol. The molecule has 12 rings (SSSR count). The van der Waals surface area contributed by atoms with Crippen LogP contribution >= 0.6 is 0 Å². The third-order valence-corrected chi connectivity index (χ3v) is 12.9. The molecule has 4 aromatic heterocycles. The van der Waals surface area contributed by atoms with Gasteiger partial charge in [-0.25, -0.2) is 0 Å². The van der Waals surface area contributed by atoms with Crippen LogP contribution in [-0.2, 0) is 24.9 Å². The third-order valence-electron chi connectivity index (χ3n) is 12.9. The molecule has 0 spiro atoms. The summed E-state index contributed by atoms with van der Waals surface area (Å²) < 4.78 is 0. The fourth-order valence-corrected chi connectivity index (χ4v) is 9.50. The van der Waals surface area contributed by atoms with E-state index in [0.717, 1.165) is 58.3 Å². The van der Waals surface area contributed by atoms with Crippen LogP contribution < -0.4 is 0 Å². The summed E-state index contributed by atoms with van der Waals surface area (Å²) in [5, 5.41) is 29.1. The van der Waals surface area contributed by atoms with E-state index in [0.29, 0.717) is 0 Å². The maximum atomic E-state index is 11.7. The van der Waals surface area contributed by atoms with Crippen molar-refractivity contribution >= 4 is 114 Å². The number of hydrogen-bond donors (Lipinski definition) is 3. The van der Waals surface area contributed by atoms with Crippen LogP contribution in [0.5, 0.6) is 0 Å². The zero-order valence-electron chi connectivity index (χ0n) is 35.2. The zero-order chi connectivity index (χ0) is 41.8. The number of nitrogens with one attached hydrogen (secondary N) is 2. The molecule has 0 aliphatic heterocycles. The predicted octanol–water partition coefficient (Wildman–Crippen LogP) is 14.7. The summed E-state index contributed by atoms with van der Waals surface area (Å²) in [6.45, 7) is 8.07. The van der Waals surface area contributed by atoms with Crippen molar-refractivity contribution in [1.82, 2.24) is 19.9 Å². The number of rotatable bonds is 7. The van der Waals surface area contributed by atoms with E-state index in [1.54, 1.807) is 0 Å². The van der Waals surface area contributed by atoms with Crippen molar-refractivity contribution in [3.63, 3.8) is 0 Å². The van der Waals surface area contributed by atoms with Gasteiger partial charge in [0.1, 0.15) is 0 Å². The van der Waals surface area contributed by atoms with Crippen molar-refractivity contribution < 1.29 is 30.0 Å². The van der Waals surface area contributed by atoms with Crippen molar-refractivity contribution in [3.05, 3.63) is 146 Å². The van der Waals surface area contributed by atoms with Crippen LogP contribution in [-0.4, -0.2) is 30.8 Å². The van der Waals surface area contributed by atoms with Crippen LogP contribution in [0.3, 0.4) is 0 Å². The van der Waals surface area contributed by atoms with Gasteiger partial charge in [-0.05, 0) is 82.3 Å². The zero-order valence-corrected chi connectivity index (χ0v) is 37.6. The number of fused-ring (bicyclic) bond motifs is 8. The molecule has 4 heterocycles. The number of nitrogens with zero attached hydrogens (tertiary/aromatic N) is 2. The van der Waals surface area contributed by atoms with E-state index in [2.05, 4.69) is 132 Å². The summed E-state index contributed by atoms with van der Waals surface area (Å²) >= 11 is 0. The van der Waals surface area contributed by atoms with Gasteiger partial charge in [-0.1, -0.05) is 109 Å². The Morgan fingerprint density at radius 3 is 1.48 bits per heavy atom.